The van der Waals surface area contributed by atoms with Gasteiger partial charge >= 0.3 is 0 Å². The first-order chi connectivity index (χ1) is 10.1. The van der Waals surface area contributed by atoms with Gasteiger partial charge in [-0.15, -0.1) is 0 Å². The molecule has 108 valence electrons. The first-order valence-electron chi connectivity index (χ1n) is 6.86. The van der Waals surface area contributed by atoms with Crippen molar-refractivity contribution >= 4 is 27.7 Å². The second-order valence-corrected chi connectivity index (χ2v) is 6.06. The van der Waals surface area contributed by atoms with Crippen molar-refractivity contribution in [3.63, 3.8) is 0 Å². The molecule has 1 unspecified atom stereocenters. The first kappa shape index (κ1) is 14.1. The van der Waals surface area contributed by atoms with E-state index in [1.807, 2.05) is 37.4 Å². The molecule has 0 bridgehead atoms. The van der Waals surface area contributed by atoms with Crippen LogP contribution in [-0.4, -0.2) is 29.4 Å². The molecule has 1 aliphatic rings. The fourth-order valence-electron chi connectivity index (χ4n) is 2.54. The zero-order valence-electron chi connectivity index (χ0n) is 11.7. The molecule has 1 aromatic carbocycles. The van der Waals surface area contributed by atoms with Crippen LogP contribution in [0.4, 0.5) is 5.82 Å². The van der Waals surface area contributed by atoms with Gasteiger partial charge in [-0.1, -0.05) is 24.3 Å². The molecule has 1 amide bonds. The molecule has 0 fully saturated rings. The number of fused-ring (bicyclic) bond motifs is 1. The van der Waals surface area contributed by atoms with Gasteiger partial charge in [0.25, 0.3) is 0 Å². The van der Waals surface area contributed by atoms with E-state index in [2.05, 4.69) is 32.3 Å². The molecule has 21 heavy (non-hydrogen) atoms. The molecule has 0 aliphatic carbocycles. The number of aromatic nitrogens is 1. The van der Waals surface area contributed by atoms with Gasteiger partial charge in [0.15, 0.2) is 0 Å². The Morgan fingerprint density at radius 3 is 2.86 bits per heavy atom. The van der Waals surface area contributed by atoms with Gasteiger partial charge in [-0.05, 0) is 45.6 Å². The van der Waals surface area contributed by atoms with E-state index >= 15 is 0 Å². The molecule has 1 aliphatic heterocycles. The third-order valence-electron chi connectivity index (χ3n) is 3.73. The van der Waals surface area contributed by atoms with Gasteiger partial charge in [0.05, 0.1) is 0 Å². The number of rotatable bonds is 2. The maximum absolute atomic E-state index is 12.6. The summed E-state index contributed by atoms with van der Waals surface area (Å²) in [5.41, 5.74) is 2.25. The number of carbonyl (C=O) groups is 1. The van der Waals surface area contributed by atoms with Crippen LogP contribution >= 0.6 is 15.9 Å². The van der Waals surface area contributed by atoms with Crippen LogP contribution in [0.15, 0.2) is 47.1 Å². The lowest BCUT2D eigenvalue weighted by Crippen LogP contribution is -2.34. The lowest BCUT2D eigenvalue weighted by atomic mass is 9.99. The van der Waals surface area contributed by atoms with E-state index in [1.54, 1.807) is 11.1 Å². The van der Waals surface area contributed by atoms with Crippen molar-refractivity contribution in [1.82, 2.24) is 9.88 Å². The van der Waals surface area contributed by atoms with E-state index in [-0.39, 0.29) is 11.9 Å². The topological polar surface area (TPSA) is 45.2 Å². The van der Waals surface area contributed by atoms with Crippen LogP contribution in [0.1, 0.15) is 17.2 Å². The standard InChI is InChI=1S/C16H16BrN3O/c1-20-9-8-11-4-2-3-5-13(11)15(16(20)21)19-14-7-6-12(17)10-18-14/h2-7,10,15H,8-9H2,1H3,(H,18,19). The largest absolute Gasteiger partial charge is 0.355 e. The summed E-state index contributed by atoms with van der Waals surface area (Å²) < 4.78 is 0.915. The Bertz CT molecular complexity index is 657. The van der Waals surface area contributed by atoms with Crippen LogP contribution in [0.5, 0.6) is 0 Å². The molecule has 4 nitrogen and oxygen atoms in total. The number of anilines is 1. The van der Waals surface area contributed by atoms with E-state index < -0.39 is 0 Å². The zero-order chi connectivity index (χ0) is 14.8. The smallest absolute Gasteiger partial charge is 0.249 e. The maximum Gasteiger partial charge on any atom is 0.249 e. The molecule has 3 rings (SSSR count). The molecular formula is C16H16BrN3O. The van der Waals surface area contributed by atoms with Crippen LogP contribution in [-0.2, 0) is 11.2 Å². The average Bonchev–Trinajstić information content (AvgIpc) is 2.62. The van der Waals surface area contributed by atoms with E-state index in [1.165, 1.54) is 5.56 Å². The SMILES string of the molecule is CN1CCc2ccccc2C(Nc2ccc(Br)cn2)C1=O. The molecule has 2 heterocycles. The lowest BCUT2D eigenvalue weighted by Gasteiger charge is -2.22. The number of pyridine rings is 1. The first-order valence-corrected chi connectivity index (χ1v) is 7.65. The predicted octanol–water partition coefficient (Wildman–Crippen LogP) is 3.01. The van der Waals surface area contributed by atoms with Crippen LogP contribution in [0.25, 0.3) is 0 Å². The third kappa shape index (κ3) is 2.93. The molecular weight excluding hydrogens is 330 g/mol. The monoisotopic (exact) mass is 345 g/mol. The Balaban J connectivity index is 1.97. The maximum atomic E-state index is 12.6. The molecule has 0 saturated carbocycles. The van der Waals surface area contributed by atoms with Crippen molar-refractivity contribution in [2.45, 2.75) is 12.5 Å². The minimum absolute atomic E-state index is 0.0738. The van der Waals surface area contributed by atoms with Crippen molar-refractivity contribution in [3.05, 3.63) is 58.2 Å². The van der Waals surface area contributed by atoms with E-state index in [4.69, 9.17) is 0 Å². The quantitative estimate of drug-likeness (QED) is 0.909. The Labute approximate surface area is 132 Å². The summed E-state index contributed by atoms with van der Waals surface area (Å²) in [7, 11) is 1.85. The molecule has 2 aromatic rings. The van der Waals surface area contributed by atoms with Crippen molar-refractivity contribution in [1.29, 1.82) is 0 Å². The number of likely N-dealkylation sites (N-methyl/N-ethyl adjacent to an activating group) is 1. The summed E-state index contributed by atoms with van der Waals surface area (Å²) in [6.07, 6.45) is 2.60. The van der Waals surface area contributed by atoms with Gasteiger partial charge < -0.3 is 10.2 Å². The summed E-state index contributed by atoms with van der Waals surface area (Å²) in [6.45, 7) is 0.738. The minimum atomic E-state index is -0.387. The number of benzene rings is 1. The average molecular weight is 346 g/mol. The molecule has 0 spiro atoms. The molecule has 0 radical (unpaired) electrons. The number of hydrogen-bond acceptors (Lipinski definition) is 3. The summed E-state index contributed by atoms with van der Waals surface area (Å²) in [5, 5.41) is 3.26. The van der Waals surface area contributed by atoms with Gasteiger partial charge in [-0.3, -0.25) is 4.79 Å². The third-order valence-corrected chi connectivity index (χ3v) is 4.19. The second-order valence-electron chi connectivity index (χ2n) is 5.15. The van der Waals surface area contributed by atoms with Gasteiger partial charge in [0.1, 0.15) is 11.9 Å². The number of halogens is 1. The van der Waals surface area contributed by atoms with Crippen molar-refractivity contribution in [2.75, 3.05) is 18.9 Å². The highest BCUT2D eigenvalue weighted by molar-refractivity contribution is 9.10. The number of hydrogen-bond donors (Lipinski definition) is 1. The van der Waals surface area contributed by atoms with Crippen LogP contribution < -0.4 is 5.32 Å². The fourth-order valence-corrected chi connectivity index (χ4v) is 2.78. The van der Waals surface area contributed by atoms with E-state index in [9.17, 15) is 4.79 Å². The normalized spacial score (nSPS) is 18.1. The predicted molar refractivity (Wildman–Crippen MR) is 86.1 cm³/mol. The van der Waals surface area contributed by atoms with Crippen LogP contribution in [0.3, 0.4) is 0 Å². The number of nitrogens with zero attached hydrogens (tertiary/aromatic N) is 2. The Morgan fingerprint density at radius 1 is 1.29 bits per heavy atom. The van der Waals surface area contributed by atoms with Crippen molar-refractivity contribution in [3.8, 4) is 0 Å². The minimum Gasteiger partial charge on any atom is -0.355 e. The second kappa shape index (κ2) is 5.85. The molecule has 0 saturated heterocycles. The molecule has 1 atom stereocenters. The Hall–Kier alpha value is -1.88. The van der Waals surface area contributed by atoms with Crippen molar-refractivity contribution in [2.24, 2.45) is 0 Å². The summed E-state index contributed by atoms with van der Waals surface area (Å²) in [4.78, 5) is 18.7. The molecule has 5 heteroatoms. The Morgan fingerprint density at radius 2 is 2.10 bits per heavy atom. The van der Waals surface area contributed by atoms with Gasteiger partial charge in [-0.2, -0.15) is 0 Å². The highest BCUT2D eigenvalue weighted by Crippen LogP contribution is 2.27. The summed E-state index contributed by atoms with van der Waals surface area (Å²) >= 11 is 3.36. The molecule has 1 aromatic heterocycles. The number of amides is 1. The van der Waals surface area contributed by atoms with Crippen molar-refractivity contribution < 1.29 is 4.79 Å². The van der Waals surface area contributed by atoms with E-state index in [0.29, 0.717) is 5.82 Å². The Kier molecular flexibility index (Phi) is 3.92. The van der Waals surface area contributed by atoms with E-state index in [0.717, 1.165) is 23.0 Å². The number of carbonyl (C=O) groups excluding carboxylic acids is 1. The summed E-state index contributed by atoms with van der Waals surface area (Å²) in [6, 6.07) is 11.5. The van der Waals surface area contributed by atoms with Gasteiger partial charge in [0.2, 0.25) is 5.91 Å². The van der Waals surface area contributed by atoms with Crippen LogP contribution in [0, 0.1) is 0 Å². The highest BCUT2D eigenvalue weighted by Gasteiger charge is 2.28. The summed E-state index contributed by atoms with van der Waals surface area (Å²) in [5.74, 6) is 0.770. The zero-order valence-corrected chi connectivity index (χ0v) is 13.3. The number of nitrogens with one attached hydrogen (secondary N) is 1. The van der Waals surface area contributed by atoms with Gasteiger partial charge in [0, 0.05) is 24.3 Å². The molecule has 1 N–H and O–H groups in total. The van der Waals surface area contributed by atoms with Crippen LogP contribution in [0.2, 0.25) is 0 Å². The highest BCUT2D eigenvalue weighted by atomic mass is 79.9. The fraction of sp³-hybridized carbons (Fsp3) is 0.250. The van der Waals surface area contributed by atoms with Gasteiger partial charge in [-0.25, -0.2) is 4.98 Å². The lowest BCUT2D eigenvalue weighted by molar-refractivity contribution is -0.130.